The third-order valence-corrected chi connectivity index (χ3v) is 6.18. The van der Waals surface area contributed by atoms with Gasteiger partial charge in [0.2, 0.25) is 0 Å². The summed E-state index contributed by atoms with van der Waals surface area (Å²) in [6.45, 7) is 0. The zero-order chi connectivity index (χ0) is 19.1. The summed E-state index contributed by atoms with van der Waals surface area (Å²) in [7, 11) is 0. The summed E-state index contributed by atoms with van der Waals surface area (Å²) >= 11 is 0. The van der Waals surface area contributed by atoms with Crippen LogP contribution in [0.4, 0.5) is 0 Å². The van der Waals surface area contributed by atoms with Crippen LogP contribution in [0.3, 0.4) is 0 Å². The van der Waals surface area contributed by atoms with Crippen LogP contribution in [-0.4, -0.2) is 11.6 Å². The van der Waals surface area contributed by atoms with E-state index in [1.54, 1.807) is 0 Å². The van der Waals surface area contributed by atoms with Crippen molar-refractivity contribution in [3.63, 3.8) is 0 Å². The molecular formula is C26H22O2. The molecule has 0 heterocycles. The molecule has 0 aliphatic heterocycles. The van der Waals surface area contributed by atoms with Crippen molar-refractivity contribution in [3.8, 4) is 0 Å². The summed E-state index contributed by atoms with van der Waals surface area (Å²) in [4.78, 5) is 25.9. The maximum atomic E-state index is 13.0. The second kappa shape index (κ2) is 6.87. The second-order valence-corrected chi connectivity index (χ2v) is 8.08. The lowest BCUT2D eigenvalue weighted by molar-refractivity contribution is 0.0929. The molecule has 0 amide bonds. The molecule has 3 aromatic rings. The number of benzene rings is 3. The Morgan fingerprint density at radius 3 is 1.39 bits per heavy atom. The highest BCUT2D eigenvalue weighted by Gasteiger charge is 2.36. The molecule has 28 heavy (non-hydrogen) atoms. The summed E-state index contributed by atoms with van der Waals surface area (Å²) in [5.74, 6) is 0.464. The molecule has 0 saturated carbocycles. The van der Waals surface area contributed by atoms with Gasteiger partial charge in [0.1, 0.15) is 0 Å². The van der Waals surface area contributed by atoms with Gasteiger partial charge in [-0.3, -0.25) is 9.59 Å². The first kappa shape index (κ1) is 17.1. The first-order valence-corrected chi connectivity index (χ1v) is 10.0. The van der Waals surface area contributed by atoms with Gasteiger partial charge in [-0.25, -0.2) is 0 Å². The summed E-state index contributed by atoms with van der Waals surface area (Å²) in [6.07, 6.45) is 3.02. The summed E-state index contributed by atoms with van der Waals surface area (Å²) in [6, 6.07) is 24.4. The highest BCUT2D eigenvalue weighted by Crippen LogP contribution is 2.36. The fourth-order valence-corrected chi connectivity index (χ4v) is 4.77. The summed E-state index contributed by atoms with van der Waals surface area (Å²) in [5, 5.41) is 0. The smallest absolute Gasteiger partial charge is 0.166 e. The Bertz CT molecular complexity index is 963. The normalized spacial score (nSPS) is 20.3. The zero-order valence-corrected chi connectivity index (χ0v) is 15.7. The van der Waals surface area contributed by atoms with E-state index in [4.69, 9.17) is 0 Å². The van der Waals surface area contributed by atoms with Crippen molar-refractivity contribution >= 4 is 11.6 Å². The van der Waals surface area contributed by atoms with Crippen LogP contribution in [0.15, 0.2) is 72.8 Å². The van der Waals surface area contributed by atoms with Gasteiger partial charge >= 0.3 is 0 Å². The molecule has 2 aliphatic rings. The molecule has 0 radical (unpaired) electrons. The van der Waals surface area contributed by atoms with E-state index in [9.17, 15) is 9.59 Å². The van der Waals surface area contributed by atoms with E-state index in [2.05, 4.69) is 24.3 Å². The molecule has 0 spiro atoms. The fraction of sp³-hybridized carbons (Fsp3) is 0.231. The van der Waals surface area contributed by atoms with E-state index in [1.807, 2.05) is 48.5 Å². The van der Waals surface area contributed by atoms with Gasteiger partial charge < -0.3 is 0 Å². The minimum Gasteiger partial charge on any atom is -0.294 e. The molecule has 138 valence electrons. The Kier molecular flexibility index (Phi) is 4.20. The Labute approximate surface area is 165 Å². The standard InChI is InChI=1S/C26H22O2/c27-25-21(11-17-7-3-1-4-8-17)13-19-15-24-20(16-23(19)25)14-22(26(24)28)12-18-9-5-2-6-10-18/h1-10,15-16,21-22H,11-14H2. The topological polar surface area (TPSA) is 34.1 Å². The number of hydrogen-bond acceptors (Lipinski definition) is 2. The molecule has 3 aromatic carbocycles. The zero-order valence-electron chi connectivity index (χ0n) is 15.7. The number of Topliss-reactive ketones (excluding diaryl/α,β-unsaturated/α-hetero) is 2. The number of carbonyl (C=O) groups excluding carboxylic acids is 2. The fourth-order valence-electron chi connectivity index (χ4n) is 4.77. The van der Waals surface area contributed by atoms with Gasteiger partial charge in [-0.2, -0.15) is 0 Å². The third-order valence-electron chi connectivity index (χ3n) is 6.18. The van der Waals surface area contributed by atoms with E-state index in [0.29, 0.717) is 0 Å². The minimum atomic E-state index is -0.00450. The van der Waals surface area contributed by atoms with E-state index < -0.39 is 0 Å². The number of ketones is 2. The van der Waals surface area contributed by atoms with Crippen LogP contribution in [0.5, 0.6) is 0 Å². The van der Waals surface area contributed by atoms with Gasteiger partial charge in [0.25, 0.3) is 0 Å². The van der Waals surface area contributed by atoms with Crippen LogP contribution in [-0.2, 0) is 25.7 Å². The predicted molar refractivity (Wildman–Crippen MR) is 110 cm³/mol. The van der Waals surface area contributed by atoms with Gasteiger partial charge in [0.15, 0.2) is 11.6 Å². The lowest BCUT2D eigenvalue weighted by Crippen LogP contribution is -2.12. The monoisotopic (exact) mass is 366 g/mol. The number of fused-ring (bicyclic) bond motifs is 2. The Hall–Kier alpha value is -3.00. The van der Waals surface area contributed by atoms with Crippen LogP contribution in [0.25, 0.3) is 0 Å². The maximum absolute atomic E-state index is 13.0. The van der Waals surface area contributed by atoms with Crippen LogP contribution in [0, 0.1) is 11.8 Å². The van der Waals surface area contributed by atoms with Gasteiger partial charge in [0, 0.05) is 23.0 Å². The molecule has 0 bridgehead atoms. The van der Waals surface area contributed by atoms with Crippen LogP contribution in [0.2, 0.25) is 0 Å². The van der Waals surface area contributed by atoms with E-state index in [-0.39, 0.29) is 23.4 Å². The van der Waals surface area contributed by atoms with Gasteiger partial charge in [-0.05, 0) is 60.1 Å². The summed E-state index contributed by atoms with van der Waals surface area (Å²) in [5.41, 5.74) is 6.18. The molecule has 2 nitrogen and oxygen atoms in total. The van der Waals surface area contributed by atoms with Crippen LogP contribution >= 0.6 is 0 Å². The van der Waals surface area contributed by atoms with E-state index >= 15 is 0 Å². The largest absolute Gasteiger partial charge is 0.294 e. The molecule has 0 aromatic heterocycles. The third kappa shape index (κ3) is 2.99. The molecule has 5 rings (SSSR count). The molecule has 0 N–H and O–H groups in total. The highest BCUT2D eigenvalue weighted by atomic mass is 16.1. The first-order valence-electron chi connectivity index (χ1n) is 10.0. The SMILES string of the molecule is O=C1c2cc3c(cc2CC1Cc1ccccc1)C(=O)C(Cc1ccccc1)C3. The van der Waals surface area contributed by atoms with Gasteiger partial charge in [-0.15, -0.1) is 0 Å². The predicted octanol–water partition coefficient (Wildman–Crippen LogP) is 4.88. The van der Waals surface area contributed by atoms with Crippen molar-refractivity contribution in [2.45, 2.75) is 25.7 Å². The van der Waals surface area contributed by atoms with Crippen molar-refractivity contribution < 1.29 is 9.59 Å². The van der Waals surface area contributed by atoms with Crippen molar-refractivity contribution in [2.75, 3.05) is 0 Å². The Morgan fingerprint density at radius 2 is 1.00 bits per heavy atom. The van der Waals surface area contributed by atoms with Crippen LogP contribution in [0.1, 0.15) is 43.0 Å². The first-order chi connectivity index (χ1) is 13.7. The van der Waals surface area contributed by atoms with Crippen molar-refractivity contribution in [1.82, 2.24) is 0 Å². The van der Waals surface area contributed by atoms with Crippen LogP contribution < -0.4 is 0 Å². The van der Waals surface area contributed by atoms with Crippen molar-refractivity contribution in [3.05, 3.63) is 106 Å². The molecular weight excluding hydrogens is 344 g/mol. The number of hydrogen-bond donors (Lipinski definition) is 0. The lowest BCUT2D eigenvalue weighted by Gasteiger charge is -2.08. The molecule has 2 aliphatic carbocycles. The number of rotatable bonds is 4. The average Bonchev–Trinajstić information content (AvgIpc) is 3.19. The molecule has 2 unspecified atom stereocenters. The quantitative estimate of drug-likeness (QED) is 0.659. The molecule has 2 atom stereocenters. The van der Waals surface area contributed by atoms with E-state index in [0.717, 1.165) is 47.9 Å². The van der Waals surface area contributed by atoms with Crippen molar-refractivity contribution in [1.29, 1.82) is 0 Å². The average molecular weight is 366 g/mol. The molecule has 2 heteroatoms. The number of carbonyl (C=O) groups is 2. The lowest BCUT2D eigenvalue weighted by atomic mass is 9.95. The highest BCUT2D eigenvalue weighted by molar-refractivity contribution is 6.07. The minimum absolute atomic E-state index is 0.00450. The molecule has 0 fully saturated rings. The Balaban J connectivity index is 1.37. The van der Waals surface area contributed by atoms with Gasteiger partial charge in [0.05, 0.1) is 0 Å². The van der Waals surface area contributed by atoms with E-state index in [1.165, 1.54) is 11.1 Å². The van der Waals surface area contributed by atoms with Gasteiger partial charge in [-0.1, -0.05) is 60.7 Å². The molecule has 0 saturated heterocycles. The van der Waals surface area contributed by atoms with Crippen molar-refractivity contribution in [2.24, 2.45) is 11.8 Å². The second-order valence-electron chi connectivity index (χ2n) is 8.08. The Morgan fingerprint density at radius 1 is 0.607 bits per heavy atom. The summed E-state index contributed by atoms with van der Waals surface area (Å²) < 4.78 is 0. The maximum Gasteiger partial charge on any atom is 0.166 e.